The number of thiazole rings is 1. The first-order chi connectivity index (χ1) is 23.9. The maximum absolute atomic E-state index is 13.5. The van der Waals surface area contributed by atoms with Crippen molar-refractivity contribution in [1.29, 1.82) is 0 Å². The van der Waals surface area contributed by atoms with Gasteiger partial charge in [-0.3, -0.25) is 10.1 Å². The topological polar surface area (TPSA) is 117 Å². The summed E-state index contributed by atoms with van der Waals surface area (Å²) in [6.07, 6.45) is 6.61. The van der Waals surface area contributed by atoms with Gasteiger partial charge >= 0.3 is 5.97 Å². The van der Waals surface area contributed by atoms with Gasteiger partial charge in [0.05, 0.1) is 16.8 Å². The summed E-state index contributed by atoms with van der Waals surface area (Å²) >= 11 is 1.44. The Morgan fingerprint density at radius 2 is 1.82 bits per heavy atom. The van der Waals surface area contributed by atoms with E-state index in [1.807, 2.05) is 84.6 Å². The number of benzene rings is 3. The number of carbonyl (C=O) groups is 2. The highest BCUT2D eigenvalue weighted by atomic mass is 32.1. The lowest BCUT2D eigenvalue weighted by Gasteiger charge is -2.31. The van der Waals surface area contributed by atoms with Gasteiger partial charge in [-0.15, -0.1) is 0 Å². The Labute approximate surface area is 290 Å². The van der Waals surface area contributed by atoms with Crippen molar-refractivity contribution < 1.29 is 19.4 Å². The Morgan fingerprint density at radius 1 is 0.980 bits per heavy atom. The van der Waals surface area contributed by atoms with Crippen LogP contribution in [0.3, 0.4) is 0 Å². The predicted molar refractivity (Wildman–Crippen MR) is 195 cm³/mol. The van der Waals surface area contributed by atoms with Crippen molar-refractivity contribution >= 4 is 44.4 Å². The standard InChI is InChI=1S/C39H41N5O4S/c1-25-28(10-7-13-33(25)48-23-5-4-8-26-17-20-40-21-18-26)29-15-16-35(42-36(29)38(46)47)44-22-19-27-9-6-11-30(31(27)24-44)37(45)43-39-41-32-12-2-3-14-34(32)49-39/h2-3,6-7,9-16,26,40H,4-5,8,17-24H2,1H3,(H,46,47)(H,41,43,45). The maximum Gasteiger partial charge on any atom is 0.355 e. The second-order valence-electron chi connectivity index (χ2n) is 12.9. The van der Waals surface area contributed by atoms with Crippen LogP contribution in [0.15, 0.2) is 72.8 Å². The SMILES string of the molecule is Cc1c(OCCCCC2CCNCC2)cccc1-c1ccc(N2CCc3cccc(C(=O)Nc4nc5ccccc5s4)c3C2)nc1C(=O)O. The molecule has 3 aromatic carbocycles. The molecule has 10 heteroatoms. The van der Waals surface area contributed by atoms with Gasteiger partial charge in [-0.25, -0.2) is 14.8 Å². The molecule has 1 fully saturated rings. The zero-order valence-corrected chi connectivity index (χ0v) is 28.5. The lowest BCUT2D eigenvalue weighted by molar-refractivity contribution is 0.0691. The van der Waals surface area contributed by atoms with E-state index in [1.165, 1.54) is 30.6 Å². The normalized spacial score (nSPS) is 14.8. The lowest BCUT2D eigenvalue weighted by Crippen LogP contribution is -2.33. The molecule has 0 saturated carbocycles. The molecule has 0 bridgehead atoms. The average Bonchev–Trinajstić information content (AvgIpc) is 3.54. The van der Waals surface area contributed by atoms with E-state index in [0.29, 0.717) is 48.2 Å². The molecule has 7 rings (SSSR count). The van der Waals surface area contributed by atoms with Crippen LogP contribution in [0.2, 0.25) is 0 Å². The number of carboxylic acids is 1. The molecule has 2 aromatic heterocycles. The highest BCUT2D eigenvalue weighted by Gasteiger charge is 2.25. The smallest absolute Gasteiger partial charge is 0.355 e. The third kappa shape index (κ3) is 7.30. The van der Waals surface area contributed by atoms with Crippen LogP contribution < -0.4 is 20.3 Å². The van der Waals surface area contributed by atoms with Crippen molar-refractivity contribution in [1.82, 2.24) is 15.3 Å². The number of carboxylic acid groups (broad SMARTS) is 1. The van der Waals surface area contributed by atoms with Crippen LogP contribution in [0, 0.1) is 12.8 Å². The van der Waals surface area contributed by atoms with Gasteiger partial charge < -0.3 is 20.1 Å². The summed E-state index contributed by atoms with van der Waals surface area (Å²) < 4.78 is 7.21. The number of pyridine rings is 1. The molecule has 0 unspecified atom stereocenters. The number of ether oxygens (including phenoxy) is 1. The van der Waals surface area contributed by atoms with Crippen molar-refractivity contribution in [3.63, 3.8) is 0 Å². The maximum atomic E-state index is 13.5. The minimum absolute atomic E-state index is 0.00705. The molecule has 3 N–H and O–H groups in total. The van der Waals surface area contributed by atoms with Crippen molar-refractivity contribution in [2.24, 2.45) is 5.92 Å². The number of para-hydroxylation sites is 1. The molecule has 0 atom stereocenters. The highest BCUT2D eigenvalue weighted by Crippen LogP contribution is 2.35. The zero-order chi connectivity index (χ0) is 33.7. The number of rotatable bonds is 11. The summed E-state index contributed by atoms with van der Waals surface area (Å²) in [6, 6.07) is 23.1. The first-order valence-electron chi connectivity index (χ1n) is 17.1. The molecule has 2 aliphatic heterocycles. The van der Waals surface area contributed by atoms with Crippen molar-refractivity contribution in [2.75, 3.05) is 36.5 Å². The molecule has 1 saturated heterocycles. The van der Waals surface area contributed by atoms with E-state index in [1.54, 1.807) is 0 Å². The molecule has 4 heterocycles. The first-order valence-corrected chi connectivity index (χ1v) is 18.0. The molecule has 5 aromatic rings. The van der Waals surface area contributed by atoms with Crippen molar-refractivity contribution in [3.05, 3.63) is 101 Å². The Balaban J connectivity index is 1.06. The number of hydrogen-bond acceptors (Lipinski definition) is 8. The second kappa shape index (κ2) is 14.8. The van der Waals surface area contributed by atoms with Gasteiger partial charge in [0.2, 0.25) is 0 Å². The number of fused-ring (bicyclic) bond motifs is 2. The first kappa shape index (κ1) is 32.7. The number of amides is 1. The van der Waals surface area contributed by atoms with Crippen LogP contribution in [0.1, 0.15) is 69.6 Å². The predicted octanol–water partition coefficient (Wildman–Crippen LogP) is 7.73. The van der Waals surface area contributed by atoms with E-state index >= 15 is 0 Å². The van der Waals surface area contributed by atoms with Gasteiger partial charge in [-0.2, -0.15) is 0 Å². The monoisotopic (exact) mass is 675 g/mol. The van der Waals surface area contributed by atoms with Gasteiger partial charge in [0.25, 0.3) is 5.91 Å². The van der Waals surface area contributed by atoms with Crippen LogP contribution in [-0.4, -0.2) is 53.2 Å². The van der Waals surface area contributed by atoms with Crippen molar-refractivity contribution in [2.45, 2.75) is 52.0 Å². The van der Waals surface area contributed by atoms with Crippen LogP contribution >= 0.6 is 11.3 Å². The highest BCUT2D eigenvalue weighted by molar-refractivity contribution is 7.22. The summed E-state index contributed by atoms with van der Waals surface area (Å²) in [5.74, 6) is 0.837. The summed E-state index contributed by atoms with van der Waals surface area (Å²) in [6.45, 7) is 5.95. The third-order valence-corrected chi connectivity index (χ3v) is 10.7. The van der Waals surface area contributed by atoms with E-state index in [2.05, 4.69) is 20.6 Å². The summed E-state index contributed by atoms with van der Waals surface area (Å²) in [5.41, 5.74) is 5.67. The Bertz CT molecular complexity index is 1950. The fraction of sp³-hybridized carbons (Fsp3) is 0.333. The van der Waals surface area contributed by atoms with Gasteiger partial charge in [0.15, 0.2) is 10.8 Å². The summed E-state index contributed by atoms with van der Waals surface area (Å²) in [5, 5.41) is 17.3. The molecule has 0 radical (unpaired) electrons. The molecule has 252 valence electrons. The fourth-order valence-corrected chi connectivity index (χ4v) is 7.90. The molecular weight excluding hydrogens is 635 g/mol. The number of carbonyl (C=O) groups excluding carboxylic acids is 1. The van der Waals surface area contributed by atoms with Gasteiger partial charge in [0.1, 0.15) is 11.6 Å². The van der Waals surface area contributed by atoms with E-state index in [-0.39, 0.29) is 11.6 Å². The fourth-order valence-electron chi connectivity index (χ4n) is 7.03. The molecule has 49 heavy (non-hydrogen) atoms. The van der Waals surface area contributed by atoms with Crippen LogP contribution in [0.4, 0.5) is 10.9 Å². The number of nitrogens with zero attached hydrogens (tertiary/aromatic N) is 3. The van der Waals surface area contributed by atoms with Crippen LogP contribution in [0.5, 0.6) is 5.75 Å². The molecule has 1 amide bonds. The number of aromatic nitrogens is 2. The number of aromatic carboxylic acids is 1. The van der Waals surface area contributed by atoms with Crippen LogP contribution in [0.25, 0.3) is 21.3 Å². The number of unbranched alkanes of at least 4 members (excludes halogenated alkanes) is 1. The van der Waals surface area contributed by atoms with E-state index < -0.39 is 5.97 Å². The quantitative estimate of drug-likeness (QED) is 0.122. The minimum Gasteiger partial charge on any atom is -0.493 e. The Kier molecular flexibility index (Phi) is 9.86. The van der Waals surface area contributed by atoms with Gasteiger partial charge in [-0.05, 0) is 117 Å². The number of hydrogen-bond donors (Lipinski definition) is 3. The molecule has 0 spiro atoms. The van der Waals surface area contributed by atoms with Crippen LogP contribution in [-0.2, 0) is 13.0 Å². The molecule has 0 aliphatic carbocycles. The van der Waals surface area contributed by atoms with E-state index in [0.717, 1.165) is 70.1 Å². The third-order valence-electron chi connectivity index (χ3n) is 9.74. The van der Waals surface area contributed by atoms with Gasteiger partial charge in [-0.1, -0.05) is 54.2 Å². The minimum atomic E-state index is -1.09. The number of nitrogens with one attached hydrogen (secondary N) is 2. The summed E-state index contributed by atoms with van der Waals surface area (Å²) in [4.78, 5) is 37.4. The average molecular weight is 676 g/mol. The lowest BCUT2D eigenvalue weighted by atomic mass is 9.93. The second-order valence-corrected chi connectivity index (χ2v) is 13.9. The molecular formula is C39H41N5O4S. The number of anilines is 2. The Morgan fingerprint density at radius 3 is 2.65 bits per heavy atom. The van der Waals surface area contributed by atoms with Crippen molar-refractivity contribution in [3.8, 4) is 16.9 Å². The zero-order valence-electron chi connectivity index (χ0n) is 27.7. The molecule has 9 nitrogen and oxygen atoms in total. The molecule has 2 aliphatic rings. The van der Waals surface area contributed by atoms with E-state index in [9.17, 15) is 14.7 Å². The van der Waals surface area contributed by atoms with Gasteiger partial charge in [0, 0.05) is 24.2 Å². The summed E-state index contributed by atoms with van der Waals surface area (Å²) in [7, 11) is 0. The van der Waals surface area contributed by atoms with E-state index in [4.69, 9.17) is 4.74 Å². The number of piperidine rings is 1. The Hall–Kier alpha value is -4.80. The largest absolute Gasteiger partial charge is 0.493 e.